The molecule has 0 aliphatic heterocycles. The molecule has 0 saturated heterocycles. The van der Waals surface area contributed by atoms with E-state index >= 15 is 0 Å². The minimum Gasteiger partial charge on any atom is -0.286 e. The molecule has 0 unspecified atom stereocenters. The minimum atomic E-state index is -3.67. The molecule has 1 aromatic carbocycles. The van der Waals surface area contributed by atoms with E-state index in [1.54, 1.807) is 12.5 Å². The highest BCUT2D eigenvalue weighted by molar-refractivity contribution is 7.85. The standard InChI is InChI=1S/C13H9N3.CH4O3S/c1-2-7-15-12(5-1)10-4-3-6-13-11(10)8-14-9-16-13;1-5(2,3)4/h1-9H;1H3,(H,2,3,4). The Morgan fingerprint density at radius 3 is 2.48 bits per heavy atom. The largest absolute Gasteiger partial charge is 0.286 e. The molecular formula is C14H13N3O3S. The number of hydrogen-bond acceptors (Lipinski definition) is 5. The molecule has 0 aliphatic carbocycles. The molecular weight excluding hydrogens is 290 g/mol. The van der Waals surface area contributed by atoms with Gasteiger partial charge in [0, 0.05) is 23.3 Å². The second kappa shape index (κ2) is 6.38. The van der Waals surface area contributed by atoms with E-state index < -0.39 is 10.1 Å². The second-order valence-electron chi connectivity index (χ2n) is 4.21. The van der Waals surface area contributed by atoms with E-state index in [1.165, 1.54) is 0 Å². The van der Waals surface area contributed by atoms with E-state index in [0.29, 0.717) is 6.26 Å². The number of nitrogens with zero attached hydrogens (tertiary/aromatic N) is 3. The highest BCUT2D eigenvalue weighted by atomic mass is 32.2. The Bertz CT molecular complexity index is 823. The second-order valence-corrected chi connectivity index (χ2v) is 5.68. The van der Waals surface area contributed by atoms with Crippen LogP contribution in [0.15, 0.2) is 55.1 Å². The molecule has 0 aliphatic rings. The first kappa shape index (κ1) is 15.0. The fourth-order valence-corrected chi connectivity index (χ4v) is 1.75. The quantitative estimate of drug-likeness (QED) is 0.693. The lowest BCUT2D eigenvalue weighted by molar-refractivity contribution is 0.490. The number of benzene rings is 1. The van der Waals surface area contributed by atoms with Gasteiger partial charge in [-0.3, -0.25) is 9.54 Å². The molecule has 1 N–H and O–H groups in total. The minimum absolute atomic E-state index is 0.715. The molecule has 0 spiro atoms. The SMILES string of the molecule is CS(=O)(=O)O.c1ccc(-c2cccc3ncncc23)nc1. The molecule has 2 aromatic heterocycles. The highest BCUT2D eigenvalue weighted by Gasteiger charge is 2.04. The van der Waals surface area contributed by atoms with Gasteiger partial charge in [-0.05, 0) is 18.2 Å². The van der Waals surface area contributed by atoms with Crippen molar-refractivity contribution < 1.29 is 13.0 Å². The van der Waals surface area contributed by atoms with Gasteiger partial charge in [0.05, 0.1) is 17.5 Å². The molecule has 6 nitrogen and oxygen atoms in total. The molecule has 21 heavy (non-hydrogen) atoms. The van der Waals surface area contributed by atoms with Crippen LogP contribution >= 0.6 is 0 Å². The normalized spacial score (nSPS) is 10.8. The van der Waals surface area contributed by atoms with Crippen molar-refractivity contribution in [1.82, 2.24) is 15.0 Å². The maximum Gasteiger partial charge on any atom is 0.261 e. The van der Waals surface area contributed by atoms with Gasteiger partial charge in [0.15, 0.2) is 0 Å². The third-order valence-electron chi connectivity index (χ3n) is 2.49. The monoisotopic (exact) mass is 303 g/mol. The Hall–Kier alpha value is -2.38. The van der Waals surface area contributed by atoms with Gasteiger partial charge in [0.2, 0.25) is 0 Å². The first-order valence-corrected chi connectivity index (χ1v) is 7.82. The predicted octanol–water partition coefficient (Wildman–Crippen LogP) is 2.20. The molecule has 2 heterocycles. The van der Waals surface area contributed by atoms with Gasteiger partial charge in [0.25, 0.3) is 10.1 Å². The van der Waals surface area contributed by atoms with Gasteiger partial charge >= 0.3 is 0 Å². The lowest BCUT2D eigenvalue weighted by atomic mass is 10.1. The summed E-state index contributed by atoms with van der Waals surface area (Å²) in [5.41, 5.74) is 2.96. The van der Waals surface area contributed by atoms with Crippen LogP contribution < -0.4 is 0 Å². The van der Waals surface area contributed by atoms with Crippen LogP contribution in [-0.2, 0) is 10.1 Å². The van der Waals surface area contributed by atoms with Crippen LogP contribution in [0.1, 0.15) is 0 Å². The summed E-state index contributed by atoms with van der Waals surface area (Å²) in [7, 11) is -3.67. The fourth-order valence-electron chi connectivity index (χ4n) is 1.75. The molecule has 0 amide bonds. The Labute approximate surface area is 122 Å². The van der Waals surface area contributed by atoms with Crippen molar-refractivity contribution in [2.75, 3.05) is 6.26 Å². The predicted molar refractivity (Wildman–Crippen MR) is 80.2 cm³/mol. The van der Waals surface area contributed by atoms with Crippen LogP contribution in [0.5, 0.6) is 0 Å². The zero-order chi connectivity index (χ0) is 15.3. The summed E-state index contributed by atoms with van der Waals surface area (Å²) in [5, 5.41) is 1.03. The summed E-state index contributed by atoms with van der Waals surface area (Å²) in [5.74, 6) is 0. The molecule has 0 radical (unpaired) electrons. The van der Waals surface area contributed by atoms with Gasteiger partial charge < -0.3 is 0 Å². The molecule has 3 rings (SSSR count). The van der Waals surface area contributed by atoms with Crippen molar-refractivity contribution in [3.05, 3.63) is 55.1 Å². The number of fused-ring (bicyclic) bond motifs is 1. The Morgan fingerprint density at radius 1 is 1.05 bits per heavy atom. The van der Waals surface area contributed by atoms with Gasteiger partial charge in [-0.1, -0.05) is 18.2 Å². The third-order valence-corrected chi connectivity index (χ3v) is 2.49. The maximum absolute atomic E-state index is 9.19. The molecule has 0 atom stereocenters. The first-order chi connectivity index (χ1) is 9.95. The Morgan fingerprint density at radius 2 is 1.81 bits per heavy atom. The third kappa shape index (κ3) is 4.59. The molecule has 0 bridgehead atoms. The zero-order valence-electron chi connectivity index (χ0n) is 11.2. The summed E-state index contributed by atoms with van der Waals surface area (Å²) in [6.07, 6.45) is 5.89. The van der Waals surface area contributed by atoms with Crippen LogP contribution in [0.3, 0.4) is 0 Å². The average molecular weight is 303 g/mol. The first-order valence-electron chi connectivity index (χ1n) is 5.98. The highest BCUT2D eigenvalue weighted by Crippen LogP contribution is 2.24. The Balaban J connectivity index is 0.000000282. The zero-order valence-corrected chi connectivity index (χ0v) is 12.0. The van der Waals surface area contributed by atoms with E-state index in [-0.39, 0.29) is 0 Å². The summed E-state index contributed by atoms with van der Waals surface area (Å²) >= 11 is 0. The molecule has 7 heteroatoms. The van der Waals surface area contributed by atoms with Gasteiger partial charge in [0.1, 0.15) is 6.33 Å². The van der Waals surface area contributed by atoms with Crippen molar-refractivity contribution in [2.24, 2.45) is 0 Å². The van der Waals surface area contributed by atoms with Crippen molar-refractivity contribution in [2.45, 2.75) is 0 Å². The summed E-state index contributed by atoms with van der Waals surface area (Å²) in [4.78, 5) is 12.6. The van der Waals surface area contributed by atoms with Gasteiger partial charge in [-0.25, -0.2) is 9.97 Å². The van der Waals surface area contributed by atoms with E-state index in [1.807, 2.05) is 42.6 Å². The average Bonchev–Trinajstić information content (AvgIpc) is 2.46. The van der Waals surface area contributed by atoms with Crippen LogP contribution in [0.2, 0.25) is 0 Å². The number of hydrogen-bond donors (Lipinski definition) is 1. The number of pyridine rings is 1. The maximum atomic E-state index is 9.19. The van der Waals surface area contributed by atoms with E-state index in [9.17, 15) is 8.42 Å². The van der Waals surface area contributed by atoms with E-state index in [0.717, 1.165) is 22.2 Å². The van der Waals surface area contributed by atoms with Gasteiger partial charge in [-0.15, -0.1) is 0 Å². The molecule has 108 valence electrons. The van der Waals surface area contributed by atoms with E-state index in [2.05, 4.69) is 15.0 Å². The molecule has 0 fully saturated rings. The summed E-state index contributed by atoms with van der Waals surface area (Å²) in [6, 6.07) is 11.9. The lowest BCUT2D eigenvalue weighted by Gasteiger charge is -2.03. The van der Waals surface area contributed by atoms with Crippen LogP contribution in [0.25, 0.3) is 22.2 Å². The van der Waals surface area contributed by atoms with Crippen LogP contribution in [0, 0.1) is 0 Å². The number of rotatable bonds is 1. The van der Waals surface area contributed by atoms with Crippen molar-refractivity contribution in [3.8, 4) is 11.3 Å². The summed E-state index contributed by atoms with van der Waals surface area (Å²) in [6.45, 7) is 0. The van der Waals surface area contributed by atoms with Crippen molar-refractivity contribution in [3.63, 3.8) is 0 Å². The number of aromatic nitrogens is 3. The fraction of sp³-hybridized carbons (Fsp3) is 0.0714. The Kier molecular flexibility index (Phi) is 4.56. The smallest absolute Gasteiger partial charge is 0.261 e. The van der Waals surface area contributed by atoms with Crippen LogP contribution in [-0.4, -0.2) is 34.2 Å². The lowest BCUT2D eigenvalue weighted by Crippen LogP contribution is -1.88. The van der Waals surface area contributed by atoms with Crippen molar-refractivity contribution >= 4 is 21.0 Å². The molecule has 3 aromatic rings. The topological polar surface area (TPSA) is 93.0 Å². The van der Waals surface area contributed by atoms with Gasteiger partial charge in [-0.2, -0.15) is 8.42 Å². The van der Waals surface area contributed by atoms with E-state index in [4.69, 9.17) is 4.55 Å². The van der Waals surface area contributed by atoms with Crippen LogP contribution in [0.4, 0.5) is 0 Å². The molecule has 0 saturated carbocycles. The van der Waals surface area contributed by atoms with Crippen molar-refractivity contribution in [1.29, 1.82) is 0 Å². The summed E-state index contributed by atoms with van der Waals surface area (Å²) < 4.78 is 25.9.